The Labute approximate surface area is 99.0 Å². The molecule has 2 aromatic rings. The standard InChI is InChI=1S/C12H12ClNO2/c1-15-11-5-8-3-4-9(7-13)14-10(8)6-12(11)16-2/h3-6H,7H2,1-2H3. The number of nitrogens with zero attached hydrogens (tertiary/aromatic N) is 1. The van der Waals surface area contributed by atoms with Crippen molar-refractivity contribution in [1.29, 1.82) is 0 Å². The number of pyridine rings is 1. The second kappa shape index (κ2) is 4.58. The first-order valence-corrected chi connectivity index (χ1v) is 5.39. The number of ether oxygens (including phenoxy) is 2. The maximum atomic E-state index is 5.74. The predicted octanol–water partition coefficient (Wildman–Crippen LogP) is 2.99. The Morgan fingerprint density at radius 1 is 1.12 bits per heavy atom. The van der Waals surface area contributed by atoms with Gasteiger partial charge < -0.3 is 9.47 Å². The molecule has 0 saturated carbocycles. The third-order valence-corrected chi connectivity index (χ3v) is 2.66. The molecule has 3 nitrogen and oxygen atoms in total. The molecule has 0 amide bonds. The zero-order valence-electron chi connectivity index (χ0n) is 9.16. The summed E-state index contributed by atoms with van der Waals surface area (Å²) in [4.78, 5) is 4.41. The van der Waals surface area contributed by atoms with Gasteiger partial charge in [0, 0.05) is 11.5 Å². The van der Waals surface area contributed by atoms with Gasteiger partial charge in [-0.25, -0.2) is 0 Å². The van der Waals surface area contributed by atoms with Crippen LogP contribution in [-0.2, 0) is 5.88 Å². The Balaban J connectivity index is 2.63. The van der Waals surface area contributed by atoms with Crippen molar-refractivity contribution < 1.29 is 9.47 Å². The van der Waals surface area contributed by atoms with Gasteiger partial charge in [-0.15, -0.1) is 11.6 Å². The van der Waals surface area contributed by atoms with Crippen LogP contribution in [0.25, 0.3) is 10.9 Å². The number of methoxy groups -OCH3 is 2. The number of hydrogen-bond acceptors (Lipinski definition) is 3. The number of aromatic nitrogens is 1. The predicted molar refractivity (Wildman–Crippen MR) is 64.4 cm³/mol. The maximum absolute atomic E-state index is 5.74. The average Bonchev–Trinajstić information content (AvgIpc) is 2.36. The lowest BCUT2D eigenvalue weighted by Crippen LogP contribution is -1.92. The highest BCUT2D eigenvalue weighted by atomic mass is 35.5. The van der Waals surface area contributed by atoms with Crippen molar-refractivity contribution in [1.82, 2.24) is 4.98 Å². The maximum Gasteiger partial charge on any atom is 0.162 e. The molecule has 0 atom stereocenters. The van der Waals surface area contributed by atoms with Crippen molar-refractivity contribution in [3.8, 4) is 11.5 Å². The van der Waals surface area contributed by atoms with Crippen LogP contribution in [0.2, 0.25) is 0 Å². The first kappa shape index (κ1) is 11.0. The molecule has 0 aliphatic rings. The molecule has 2 rings (SSSR count). The van der Waals surface area contributed by atoms with Crippen LogP contribution in [0.5, 0.6) is 11.5 Å². The summed E-state index contributed by atoms with van der Waals surface area (Å²) in [7, 11) is 3.22. The Kier molecular flexibility index (Phi) is 3.15. The first-order valence-electron chi connectivity index (χ1n) is 4.86. The highest BCUT2D eigenvalue weighted by Crippen LogP contribution is 2.31. The summed E-state index contributed by atoms with van der Waals surface area (Å²) in [6, 6.07) is 7.63. The largest absolute Gasteiger partial charge is 0.493 e. The van der Waals surface area contributed by atoms with Crippen LogP contribution in [-0.4, -0.2) is 19.2 Å². The van der Waals surface area contributed by atoms with Crippen LogP contribution >= 0.6 is 11.6 Å². The first-order chi connectivity index (χ1) is 7.78. The van der Waals surface area contributed by atoms with Gasteiger partial charge in [0.15, 0.2) is 11.5 Å². The molecular weight excluding hydrogens is 226 g/mol. The zero-order chi connectivity index (χ0) is 11.5. The number of benzene rings is 1. The van der Waals surface area contributed by atoms with E-state index in [0.29, 0.717) is 17.4 Å². The Hall–Kier alpha value is -1.48. The molecule has 1 aromatic heterocycles. The van der Waals surface area contributed by atoms with E-state index in [4.69, 9.17) is 21.1 Å². The smallest absolute Gasteiger partial charge is 0.162 e. The third kappa shape index (κ3) is 1.91. The highest BCUT2D eigenvalue weighted by molar-refractivity contribution is 6.16. The summed E-state index contributed by atoms with van der Waals surface area (Å²) in [6.45, 7) is 0. The van der Waals surface area contributed by atoms with E-state index in [1.54, 1.807) is 14.2 Å². The second-order valence-corrected chi connectivity index (χ2v) is 3.60. The van der Waals surface area contributed by atoms with Crippen LogP contribution < -0.4 is 9.47 Å². The molecule has 0 bridgehead atoms. The molecule has 4 heteroatoms. The molecule has 0 spiro atoms. The van der Waals surface area contributed by atoms with E-state index in [-0.39, 0.29) is 0 Å². The number of alkyl halides is 1. The van der Waals surface area contributed by atoms with Crippen LogP contribution in [0, 0.1) is 0 Å². The SMILES string of the molecule is COc1cc2ccc(CCl)nc2cc1OC. The third-order valence-electron chi connectivity index (χ3n) is 2.39. The van der Waals surface area contributed by atoms with Crippen LogP contribution in [0.15, 0.2) is 24.3 Å². The summed E-state index contributed by atoms with van der Waals surface area (Å²) in [6.07, 6.45) is 0. The van der Waals surface area contributed by atoms with Crippen molar-refractivity contribution in [3.05, 3.63) is 30.0 Å². The minimum atomic E-state index is 0.407. The quantitative estimate of drug-likeness (QED) is 0.769. The molecule has 0 fully saturated rings. The summed E-state index contributed by atoms with van der Waals surface area (Å²) in [5.74, 6) is 1.79. The van der Waals surface area contributed by atoms with E-state index in [1.807, 2.05) is 24.3 Å². The van der Waals surface area contributed by atoms with Crippen LogP contribution in [0.1, 0.15) is 5.69 Å². The number of rotatable bonds is 3. The van der Waals surface area contributed by atoms with Crippen molar-refractivity contribution in [2.75, 3.05) is 14.2 Å². The van der Waals surface area contributed by atoms with Gasteiger partial charge in [0.1, 0.15) is 0 Å². The lowest BCUT2D eigenvalue weighted by Gasteiger charge is -2.09. The van der Waals surface area contributed by atoms with Crippen molar-refractivity contribution in [2.45, 2.75) is 5.88 Å². The van der Waals surface area contributed by atoms with Gasteiger partial charge in [-0.05, 0) is 12.1 Å². The number of halogens is 1. The molecule has 84 valence electrons. The Morgan fingerprint density at radius 3 is 2.44 bits per heavy atom. The van der Waals surface area contributed by atoms with Crippen LogP contribution in [0.4, 0.5) is 0 Å². The fraction of sp³-hybridized carbons (Fsp3) is 0.250. The number of hydrogen-bond donors (Lipinski definition) is 0. The fourth-order valence-electron chi connectivity index (χ4n) is 1.57. The molecule has 0 radical (unpaired) electrons. The average molecular weight is 238 g/mol. The molecule has 1 aromatic carbocycles. The monoisotopic (exact) mass is 237 g/mol. The van der Waals surface area contributed by atoms with E-state index < -0.39 is 0 Å². The molecule has 0 unspecified atom stereocenters. The molecule has 0 aliphatic carbocycles. The normalized spacial score (nSPS) is 10.4. The second-order valence-electron chi connectivity index (χ2n) is 3.34. The van der Waals surface area contributed by atoms with Gasteiger partial charge in [-0.3, -0.25) is 4.98 Å². The van der Waals surface area contributed by atoms with Gasteiger partial charge in [-0.1, -0.05) is 6.07 Å². The minimum Gasteiger partial charge on any atom is -0.493 e. The summed E-state index contributed by atoms with van der Waals surface area (Å²) >= 11 is 5.74. The lowest BCUT2D eigenvalue weighted by molar-refractivity contribution is 0.356. The fourth-order valence-corrected chi connectivity index (χ4v) is 1.72. The van der Waals surface area contributed by atoms with Gasteiger partial charge in [0.05, 0.1) is 31.3 Å². The summed E-state index contributed by atoms with van der Waals surface area (Å²) in [5.41, 5.74) is 1.71. The van der Waals surface area contributed by atoms with E-state index in [0.717, 1.165) is 16.6 Å². The van der Waals surface area contributed by atoms with Gasteiger partial charge >= 0.3 is 0 Å². The summed E-state index contributed by atoms with van der Waals surface area (Å²) < 4.78 is 10.4. The Bertz CT molecular complexity index is 514. The minimum absolute atomic E-state index is 0.407. The van der Waals surface area contributed by atoms with E-state index in [1.165, 1.54) is 0 Å². The molecule has 0 N–H and O–H groups in total. The topological polar surface area (TPSA) is 31.4 Å². The van der Waals surface area contributed by atoms with Crippen molar-refractivity contribution >= 4 is 22.5 Å². The van der Waals surface area contributed by atoms with E-state index in [2.05, 4.69) is 4.98 Å². The molecular formula is C12H12ClNO2. The van der Waals surface area contributed by atoms with Crippen LogP contribution in [0.3, 0.4) is 0 Å². The highest BCUT2D eigenvalue weighted by Gasteiger charge is 2.06. The molecule has 0 saturated heterocycles. The molecule has 1 heterocycles. The van der Waals surface area contributed by atoms with Crippen molar-refractivity contribution in [2.24, 2.45) is 0 Å². The van der Waals surface area contributed by atoms with E-state index in [9.17, 15) is 0 Å². The molecule has 16 heavy (non-hydrogen) atoms. The summed E-state index contributed by atoms with van der Waals surface area (Å²) in [5, 5.41) is 1.01. The Morgan fingerprint density at radius 2 is 1.81 bits per heavy atom. The van der Waals surface area contributed by atoms with Gasteiger partial charge in [0.2, 0.25) is 0 Å². The van der Waals surface area contributed by atoms with E-state index >= 15 is 0 Å². The van der Waals surface area contributed by atoms with Crippen molar-refractivity contribution in [3.63, 3.8) is 0 Å². The molecule has 0 aliphatic heterocycles. The zero-order valence-corrected chi connectivity index (χ0v) is 9.91. The lowest BCUT2D eigenvalue weighted by atomic mass is 10.2. The van der Waals surface area contributed by atoms with Gasteiger partial charge in [-0.2, -0.15) is 0 Å². The van der Waals surface area contributed by atoms with Gasteiger partial charge in [0.25, 0.3) is 0 Å². The number of fused-ring (bicyclic) bond motifs is 1.